The van der Waals surface area contributed by atoms with Crippen molar-refractivity contribution in [2.24, 2.45) is 5.92 Å². The number of unbranched alkanes of at least 4 members (excludes halogenated alkanes) is 2. The van der Waals surface area contributed by atoms with Gasteiger partial charge in [-0.2, -0.15) is 0 Å². The molecule has 2 heteroatoms. The Hall–Kier alpha value is -0.0800. The molecule has 1 atom stereocenters. The van der Waals surface area contributed by atoms with Gasteiger partial charge in [-0.05, 0) is 31.8 Å². The van der Waals surface area contributed by atoms with Crippen molar-refractivity contribution in [1.82, 2.24) is 5.32 Å². The molecule has 0 heterocycles. The minimum absolute atomic E-state index is 0.822. The van der Waals surface area contributed by atoms with E-state index >= 15 is 0 Å². The Bertz CT molecular complexity index is 96.1. The van der Waals surface area contributed by atoms with Crippen molar-refractivity contribution in [3.05, 3.63) is 0 Å². The predicted molar refractivity (Wildman–Crippen MR) is 58.1 cm³/mol. The van der Waals surface area contributed by atoms with Gasteiger partial charge in [0.2, 0.25) is 0 Å². The third kappa shape index (κ3) is 9.84. The maximum absolute atomic E-state index is 5.00. The summed E-state index contributed by atoms with van der Waals surface area (Å²) in [4.78, 5) is 0. The number of rotatable bonds is 9. The minimum Gasteiger partial charge on any atom is -0.385 e. The maximum atomic E-state index is 5.00. The zero-order valence-corrected chi connectivity index (χ0v) is 9.44. The normalized spacial score (nSPS) is 13.2. The number of nitrogens with one attached hydrogen (secondary N) is 1. The lowest BCUT2D eigenvalue weighted by Crippen LogP contribution is -2.20. The van der Waals surface area contributed by atoms with Crippen LogP contribution in [0.2, 0.25) is 0 Å². The molecule has 80 valence electrons. The van der Waals surface area contributed by atoms with Crippen molar-refractivity contribution in [3.63, 3.8) is 0 Å². The summed E-state index contributed by atoms with van der Waals surface area (Å²) in [5.74, 6) is 0.822. The van der Waals surface area contributed by atoms with Crippen LogP contribution in [0.25, 0.3) is 0 Å². The van der Waals surface area contributed by atoms with E-state index in [9.17, 15) is 0 Å². The molecule has 0 aliphatic heterocycles. The largest absolute Gasteiger partial charge is 0.385 e. The van der Waals surface area contributed by atoms with Crippen LogP contribution < -0.4 is 5.32 Å². The zero-order valence-electron chi connectivity index (χ0n) is 9.44. The lowest BCUT2D eigenvalue weighted by atomic mass is 10.0. The molecule has 2 nitrogen and oxygen atoms in total. The maximum Gasteiger partial charge on any atom is 0.0462 e. The van der Waals surface area contributed by atoms with Gasteiger partial charge in [0.15, 0.2) is 0 Å². The van der Waals surface area contributed by atoms with Gasteiger partial charge >= 0.3 is 0 Å². The lowest BCUT2D eigenvalue weighted by molar-refractivity contribution is 0.191. The molecule has 0 spiro atoms. The second-order valence-corrected chi connectivity index (χ2v) is 3.75. The number of ether oxygens (including phenoxy) is 1. The molecule has 0 fully saturated rings. The highest BCUT2D eigenvalue weighted by Gasteiger charge is 1.99. The SMILES string of the molecule is CCNCC(C)CCCCCOC. The van der Waals surface area contributed by atoms with Crippen LogP contribution in [0.5, 0.6) is 0 Å². The van der Waals surface area contributed by atoms with Gasteiger partial charge < -0.3 is 10.1 Å². The Balaban J connectivity index is 3.03. The second-order valence-electron chi connectivity index (χ2n) is 3.75. The van der Waals surface area contributed by atoms with Crippen molar-refractivity contribution in [2.75, 3.05) is 26.8 Å². The van der Waals surface area contributed by atoms with E-state index in [0.29, 0.717) is 0 Å². The quantitative estimate of drug-likeness (QED) is 0.560. The van der Waals surface area contributed by atoms with Crippen molar-refractivity contribution >= 4 is 0 Å². The Labute approximate surface area is 83.1 Å². The lowest BCUT2D eigenvalue weighted by Gasteiger charge is -2.10. The smallest absolute Gasteiger partial charge is 0.0462 e. The molecule has 0 aromatic rings. The summed E-state index contributed by atoms with van der Waals surface area (Å²) in [5.41, 5.74) is 0. The minimum atomic E-state index is 0.822. The molecular formula is C11H25NO. The second kappa shape index (κ2) is 10.0. The highest BCUT2D eigenvalue weighted by Crippen LogP contribution is 2.08. The van der Waals surface area contributed by atoms with E-state index in [1.54, 1.807) is 7.11 Å². The Morgan fingerprint density at radius 3 is 2.62 bits per heavy atom. The molecule has 1 N–H and O–H groups in total. The summed E-state index contributed by atoms with van der Waals surface area (Å²) < 4.78 is 5.00. The first-order valence-corrected chi connectivity index (χ1v) is 5.50. The zero-order chi connectivity index (χ0) is 9.94. The van der Waals surface area contributed by atoms with Gasteiger partial charge in [-0.25, -0.2) is 0 Å². The molecule has 0 bridgehead atoms. The molecule has 0 amide bonds. The van der Waals surface area contributed by atoms with Crippen LogP contribution in [0.1, 0.15) is 39.5 Å². The Morgan fingerprint density at radius 2 is 2.00 bits per heavy atom. The summed E-state index contributed by atoms with van der Waals surface area (Å²) in [5, 5.41) is 3.38. The van der Waals surface area contributed by atoms with E-state index in [4.69, 9.17) is 4.74 Å². The van der Waals surface area contributed by atoms with Crippen molar-refractivity contribution in [1.29, 1.82) is 0 Å². The highest BCUT2D eigenvalue weighted by atomic mass is 16.5. The summed E-state index contributed by atoms with van der Waals surface area (Å²) in [7, 11) is 1.77. The molecule has 0 aliphatic rings. The van der Waals surface area contributed by atoms with Crippen molar-refractivity contribution < 1.29 is 4.74 Å². The van der Waals surface area contributed by atoms with Crippen LogP contribution in [0.3, 0.4) is 0 Å². The molecule has 0 rings (SSSR count). The van der Waals surface area contributed by atoms with Crippen LogP contribution in [0.15, 0.2) is 0 Å². The molecule has 0 aromatic carbocycles. The van der Waals surface area contributed by atoms with Gasteiger partial charge in [-0.15, -0.1) is 0 Å². The van der Waals surface area contributed by atoms with Crippen LogP contribution >= 0.6 is 0 Å². The van der Waals surface area contributed by atoms with Gasteiger partial charge in [0, 0.05) is 13.7 Å². The van der Waals surface area contributed by atoms with E-state index in [1.807, 2.05) is 0 Å². The standard InChI is InChI=1S/C11H25NO/c1-4-12-10-11(2)8-6-5-7-9-13-3/h11-12H,4-10H2,1-3H3. The Kier molecular flexibility index (Phi) is 9.94. The monoisotopic (exact) mass is 187 g/mol. The summed E-state index contributed by atoms with van der Waals surface area (Å²) in [6.45, 7) is 7.65. The fraction of sp³-hybridized carbons (Fsp3) is 1.00. The topological polar surface area (TPSA) is 21.3 Å². The highest BCUT2D eigenvalue weighted by molar-refractivity contribution is 4.56. The first-order chi connectivity index (χ1) is 6.31. The first-order valence-electron chi connectivity index (χ1n) is 5.50. The van der Waals surface area contributed by atoms with Gasteiger partial charge in [-0.1, -0.05) is 26.7 Å². The van der Waals surface area contributed by atoms with Gasteiger partial charge in [0.1, 0.15) is 0 Å². The fourth-order valence-corrected chi connectivity index (χ4v) is 1.41. The fourth-order valence-electron chi connectivity index (χ4n) is 1.41. The van der Waals surface area contributed by atoms with Crippen LogP contribution in [0.4, 0.5) is 0 Å². The Morgan fingerprint density at radius 1 is 1.23 bits per heavy atom. The van der Waals surface area contributed by atoms with E-state index < -0.39 is 0 Å². The summed E-state index contributed by atoms with van der Waals surface area (Å²) >= 11 is 0. The van der Waals surface area contributed by atoms with Gasteiger partial charge in [0.05, 0.1) is 0 Å². The molecule has 0 saturated carbocycles. The first kappa shape index (κ1) is 12.9. The molecule has 0 radical (unpaired) electrons. The van der Waals surface area contributed by atoms with E-state index in [0.717, 1.165) is 19.1 Å². The number of hydrogen-bond acceptors (Lipinski definition) is 2. The third-order valence-electron chi connectivity index (χ3n) is 2.29. The molecule has 13 heavy (non-hydrogen) atoms. The number of hydrogen-bond donors (Lipinski definition) is 1. The summed E-state index contributed by atoms with van der Waals surface area (Å²) in [6, 6.07) is 0. The van der Waals surface area contributed by atoms with E-state index in [2.05, 4.69) is 19.2 Å². The molecule has 0 aliphatic carbocycles. The average Bonchev–Trinajstić information content (AvgIpc) is 2.14. The third-order valence-corrected chi connectivity index (χ3v) is 2.29. The number of methoxy groups -OCH3 is 1. The van der Waals surface area contributed by atoms with Gasteiger partial charge in [0.25, 0.3) is 0 Å². The van der Waals surface area contributed by atoms with Crippen LogP contribution in [0, 0.1) is 5.92 Å². The van der Waals surface area contributed by atoms with Crippen LogP contribution in [-0.4, -0.2) is 26.8 Å². The van der Waals surface area contributed by atoms with Crippen molar-refractivity contribution in [2.45, 2.75) is 39.5 Å². The van der Waals surface area contributed by atoms with Gasteiger partial charge in [-0.3, -0.25) is 0 Å². The molecule has 0 aromatic heterocycles. The summed E-state index contributed by atoms with van der Waals surface area (Å²) in [6.07, 6.45) is 5.21. The predicted octanol–water partition coefficient (Wildman–Crippen LogP) is 2.44. The van der Waals surface area contributed by atoms with E-state index in [-0.39, 0.29) is 0 Å². The molecular weight excluding hydrogens is 162 g/mol. The van der Waals surface area contributed by atoms with E-state index in [1.165, 1.54) is 32.2 Å². The van der Waals surface area contributed by atoms with Crippen molar-refractivity contribution in [3.8, 4) is 0 Å². The molecule has 0 saturated heterocycles. The molecule has 1 unspecified atom stereocenters. The average molecular weight is 187 g/mol. The van der Waals surface area contributed by atoms with Crippen LogP contribution in [-0.2, 0) is 4.74 Å².